The Labute approximate surface area is 194 Å². The van der Waals surface area contributed by atoms with Gasteiger partial charge in [-0.3, -0.25) is 0 Å². The Morgan fingerprint density at radius 2 is 1.85 bits per heavy atom. The topological polar surface area (TPSA) is 164 Å². The Morgan fingerprint density at radius 3 is 2.56 bits per heavy atom. The highest BCUT2D eigenvalue weighted by Crippen LogP contribution is 2.81. The minimum absolute atomic E-state index is 0.0902. The molecular formula is C23H28O11. The molecule has 7 fully saturated rings. The molecule has 7 aliphatic rings. The van der Waals surface area contributed by atoms with Crippen molar-refractivity contribution >= 4 is 5.97 Å². The van der Waals surface area contributed by atoms with E-state index in [0.717, 1.165) is 0 Å². The molecule has 3 saturated carbocycles. The lowest BCUT2D eigenvalue weighted by atomic mass is 9.41. The van der Waals surface area contributed by atoms with E-state index in [2.05, 4.69) is 0 Å². The lowest BCUT2D eigenvalue weighted by molar-refractivity contribution is -0.424. The van der Waals surface area contributed by atoms with Gasteiger partial charge in [-0.25, -0.2) is 4.79 Å². The summed E-state index contributed by atoms with van der Waals surface area (Å²) >= 11 is 0. The molecule has 4 aliphatic heterocycles. The Kier molecular flexibility index (Phi) is 4.81. The first-order chi connectivity index (χ1) is 16.1. The number of hydrogen-bond donors (Lipinski definition) is 5. The van der Waals surface area contributed by atoms with Crippen molar-refractivity contribution in [3.63, 3.8) is 0 Å². The summed E-state index contributed by atoms with van der Waals surface area (Å²) < 4.78 is 29.7. The quantitative estimate of drug-likeness (QED) is 0.306. The summed E-state index contributed by atoms with van der Waals surface area (Å²) in [6.45, 7) is 0.985. The Bertz CT molecular complexity index is 988. The lowest BCUT2D eigenvalue weighted by Crippen LogP contribution is -2.80. The van der Waals surface area contributed by atoms with Gasteiger partial charge < -0.3 is 49.2 Å². The number of ether oxygens (including phenoxy) is 5. The second kappa shape index (κ2) is 7.19. The van der Waals surface area contributed by atoms with Crippen LogP contribution < -0.4 is 0 Å². The Morgan fingerprint density at radius 1 is 1.12 bits per heavy atom. The van der Waals surface area contributed by atoms with Crippen molar-refractivity contribution in [1.29, 1.82) is 0 Å². The van der Waals surface area contributed by atoms with E-state index in [9.17, 15) is 30.3 Å². The van der Waals surface area contributed by atoms with Gasteiger partial charge >= 0.3 is 5.97 Å². The molecule has 0 radical (unpaired) electrons. The summed E-state index contributed by atoms with van der Waals surface area (Å²) in [4.78, 5) is 12.7. The predicted molar refractivity (Wildman–Crippen MR) is 109 cm³/mol. The van der Waals surface area contributed by atoms with Gasteiger partial charge in [0.1, 0.15) is 42.2 Å². The molecule has 186 valence electrons. The second-order valence-corrected chi connectivity index (χ2v) is 10.2. The first-order valence-electron chi connectivity index (χ1n) is 11.4. The zero-order valence-electron chi connectivity index (χ0n) is 18.4. The number of benzene rings is 1. The molecule has 1 aromatic rings. The molecule has 0 spiro atoms. The molecule has 6 bridgehead atoms. The van der Waals surface area contributed by atoms with Gasteiger partial charge in [-0.2, -0.15) is 0 Å². The highest BCUT2D eigenvalue weighted by molar-refractivity contribution is 5.89. The van der Waals surface area contributed by atoms with Crippen molar-refractivity contribution in [1.82, 2.24) is 0 Å². The van der Waals surface area contributed by atoms with E-state index in [-0.39, 0.29) is 19.4 Å². The molecule has 11 nitrogen and oxygen atoms in total. The maximum atomic E-state index is 12.7. The molecule has 3 aliphatic carbocycles. The van der Waals surface area contributed by atoms with Crippen LogP contribution in [-0.2, 0) is 23.7 Å². The third kappa shape index (κ3) is 2.59. The number of esters is 1. The van der Waals surface area contributed by atoms with E-state index in [1.54, 1.807) is 37.3 Å². The third-order valence-electron chi connectivity index (χ3n) is 8.57. The van der Waals surface area contributed by atoms with Gasteiger partial charge in [0.15, 0.2) is 18.4 Å². The van der Waals surface area contributed by atoms with Crippen LogP contribution in [0.2, 0.25) is 0 Å². The summed E-state index contributed by atoms with van der Waals surface area (Å²) in [7, 11) is 0. The van der Waals surface area contributed by atoms with Crippen LogP contribution in [-0.4, -0.2) is 98.7 Å². The predicted octanol–water partition coefficient (Wildman–Crippen LogP) is -1.36. The van der Waals surface area contributed by atoms with Crippen molar-refractivity contribution in [3.05, 3.63) is 35.9 Å². The smallest absolute Gasteiger partial charge is 0.338 e. The van der Waals surface area contributed by atoms with E-state index in [4.69, 9.17) is 23.7 Å². The molecule has 11 heteroatoms. The number of aliphatic hydroxyl groups is 5. The van der Waals surface area contributed by atoms with Crippen LogP contribution in [0.5, 0.6) is 0 Å². The fraction of sp³-hybridized carbons (Fsp3) is 0.696. The standard InChI is InChI=1S/C23H28O11/c1-20-9-22(29)13-7-23(20,32-18-16(27)15(26)14(25)12(8-24)31-18)21(13,19(33-20)34-22)10-30-17(28)11-5-3-2-4-6-11/h2-6,12-16,18-19,24-27,29H,7-10H2,1H3/t12-,13-,14-,15+,16-,18+,19?,20+,21+,22-,23+/m1/s1. The summed E-state index contributed by atoms with van der Waals surface area (Å²) in [6.07, 6.45) is -7.87. The van der Waals surface area contributed by atoms with Crippen LogP contribution in [0.3, 0.4) is 0 Å². The Balaban J connectivity index is 1.32. The lowest BCUT2D eigenvalue weighted by Gasteiger charge is -2.67. The van der Waals surface area contributed by atoms with E-state index in [1.807, 2.05) is 0 Å². The van der Waals surface area contributed by atoms with E-state index in [1.165, 1.54) is 0 Å². The first-order valence-corrected chi connectivity index (χ1v) is 11.4. The third-order valence-corrected chi connectivity index (χ3v) is 8.57. The fourth-order valence-corrected chi connectivity index (χ4v) is 6.87. The van der Waals surface area contributed by atoms with Gasteiger partial charge in [0.05, 0.1) is 17.6 Å². The van der Waals surface area contributed by atoms with Crippen LogP contribution in [0.1, 0.15) is 30.1 Å². The summed E-state index contributed by atoms with van der Waals surface area (Å²) in [5.41, 5.74) is -2.99. The van der Waals surface area contributed by atoms with Crippen molar-refractivity contribution < 1.29 is 54.0 Å². The first kappa shape index (κ1) is 22.8. The summed E-state index contributed by atoms with van der Waals surface area (Å²) in [5.74, 6) is -2.49. The second-order valence-electron chi connectivity index (χ2n) is 10.2. The molecule has 34 heavy (non-hydrogen) atoms. The van der Waals surface area contributed by atoms with Crippen LogP contribution in [0, 0.1) is 11.3 Å². The SMILES string of the molecule is C[C@@]12C[C@@]3(O)OC(O1)[C@]1(COC(=O)c4ccccc4)[C@H]3C[C@]21O[C@@H]1O[C@H](CO)[C@@H](O)[C@H](O)[C@H]1O. The van der Waals surface area contributed by atoms with Crippen LogP contribution >= 0.6 is 0 Å². The monoisotopic (exact) mass is 480 g/mol. The van der Waals surface area contributed by atoms with Crippen molar-refractivity contribution in [3.8, 4) is 0 Å². The molecular weight excluding hydrogens is 452 g/mol. The molecule has 1 aromatic carbocycles. The van der Waals surface area contributed by atoms with E-state index >= 15 is 0 Å². The zero-order valence-corrected chi connectivity index (χ0v) is 18.4. The number of carbonyl (C=O) groups excluding carboxylic acids is 1. The van der Waals surface area contributed by atoms with E-state index in [0.29, 0.717) is 5.56 Å². The van der Waals surface area contributed by atoms with Gasteiger partial charge in [0.2, 0.25) is 0 Å². The highest BCUT2D eigenvalue weighted by atomic mass is 16.8. The van der Waals surface area contributed by atoms with Gasteiger partial charge in [0, 0.05) is 12.3 Å². The molecule has 4 saturated heterocycles. The molecule has 8 rings (SSSR count). The number of hydrogen-bond acceptors (Lipinski definition) is 11. The van der Waals surface area contributed by atoms with Crippen molar-refractivity contribution in [2.45, 2.75) is 73.8 Å². The van der Waals surface area contributed by atoms with Crippen LogP contribution in [0.15, 0.2) is 30.3 Å². The fourth-order valence-electron chi connectivity index (χ4n) is 6.87. The molecule has 11 atom stereocenters. The van der Waals surface area contributed by atoms with Gasteiger partial charge in [-0.05, 0) is 25.5 Å². The average Bonchev–Trinajstić information content (AvgIpc) is 3.00. The van der Waals surface area contributed by atoms with Gasteiger partial charge in [-0.1, -0.05) is 18.2 Å². The van der Waals surface area contributed by atoms with Crippen molar-refractivity contribution in [2.24, 2.45) is 11.3 Å². The molecule has 5 N–H and O–H groups in total. The summed E-state index contributed by atoms with van der Waals surface area (Å²) in [5, 5.41) is 51.7. The minimum atomic E-state index is -1.61. The van der Waals surface area contributed by atoms with Crippen molar-refractivity contribution in [2.75, 3.05) is 13.2 Å². The number of carbonyl (C=O) groups is 1. The maximum Gasteiger partial charge on any atom is 0.338 e. The largest absolute Gasteiger partial charge is 0.461 e. The minimum Gasteiger partial charge on any atom is -0.461 e. The average molecular weight is 480 g/mol. The maximum absolute atomic E-state index is 12.7. The molecule has 0 aromatic heterocycles. The van der Waals surface area contributed by atoms with E-state index < -0.39 is 77.9 Å². The normalized spacial score (nSPS) is 52.5. The Hall–Kier alpha value is -1.67. The van der Waals surface area contributed by atoms with Crippen LogP contribution in [0.4, 0.5) is 0 Å². The summed E-state index contributed by atoms with van der Waals surface area (Å²) in [6, 6.07) is 8.47. The molecule has 0 amide bonds. The highest BCUT2D eigenvalue weighted by Gasteiger charge is 2.94. The molecule has 4 heterocycles. The number of aliphatic hydroxyl groups excluding tert-OH is 4. The molecule has 1 unspecified atom stereocenters. The van der Waals surface area contributed by atoms with Crippen LogP contribution in [0.25, 0.3) is 0 Å². The zero-order chi connectivity index (χ0) is 24.1. The van der Waals surface area contributed by atoms with Gasteiger partial charge in [-0.15, -0.1) is 0 Å². The van der Waals surface area contributed by atoms with Gasteiger partial charge in [0.25, 0.3) is 0 Å². The number of rotatable bonds is 6.